The first kappa shape index (κ1) is 8.92. The van der Waals surface area contributed by atoms with Crippen LogP contribution in [0.5, 0.6) is 0 Å². The molecular weight excluding hydrogens is 112 g/mol. The van der Waals surface area contributed by atoms with Gasteiger partial charge in [0.1, 0.15) is 0 Å². The van der Waals surface area contributed by atoms with Crippen LogP contribution in [0, 0.1) is 0 Å². The molecular formula is C7H18N2. The minimum absolute atomic E-state index is 0.653. The lowest BCUT2D eigenvalue weighted by Gasteiger charge is -2.19. The number of hydrazine groups is 1. The molecule has 0 spiro atoms. The van der Waals surface area contributed by atoms with Gasteiger partial charge in [-0.1, -0.05) is 13.8 Å². The third kappa shape index (κ3) is 4.43. The third-order valence-corrected chi connectivity index (χ3v) is 1.43. The molecule has 2 nitrogen and oxygen atoms in total. The van der Waals surface area contributed by atoms with Crippen LogP contribution in [0.15, 0.2) is 0 Å². The predicted molar refractivity (Wildman–Crippen MR) is 41.2 cm³/mol. The van der Waals surface area contributed by atoms with Crippen LogP contribution in [0.2, 0.25) is 0 Å². The van der Waals surface area contributed by atoms with Gasteiger partial charge in [0.15, 0.2) is 0 Å². The normalized spacial score (nSPS) is 11.3. The second-order valence-corrected chi connectivity index (χ2v) is 2.54. The smallest absolute Gasteiger partial charge is 0.0209 e. The molecule has 0 aliphatic rings. The number of nitrogens with one attached hydrogen (secondary N) is 1. The number of hydrogen-bond acceptors (Lipinski definition) is 2. The molecule has 0 unspecified atom stereocenters. The fourth-order valence-electron chi connectivity index (χ4n) is 0.836. The Morgan fingerprint density at radius 2 is 1.67 bits per heavy atom. The van der Waals surface area contributed by atoms with Crippen LogP contribution < -0.4 is 5.43 Å². The zero-order valence-corrected chi connectivity index (χ0v) is 6.94. The summed E-state index contributed by atoms with van der Waals surface area (Å²) in [6.45, 7) is 4.40. The molecule has 0 aromatic heterocycles. The molecule has 0 atom stereocenters. The lowest BCUT2D eigenvalue weighted by Crippen LogP contribution is -2.38. The summed E-state index contributed by atoms with van der Waals surface area (Å²) in [4.78, 5) is 0. The summed E-state index contributed by atoms with van der Waals surface area (Å²) < 4.78 is 0. The van der Waals surface area contributed by atoms with E-state index in [1.165, 1.54) is 12.8 Å². The molecule has 2 heteroatoms. The van der Waals surface area contributed by atoms with E-state index in [0.29, 0.717) is 6.04 Å². The van der Waals surface area contributed by atoms with Gasteiger partial charge in [0, 0.05) is 20.1 Å². The molecule has 0 rings (SSSR count). The summed E-state index contributed by atoms with van der Waals surface area (Å²) in [7, 11) is 4.05. The molecule has 0 aromatic rings. The van der Waals surface area contributed by atoms with Gasteiger partial charge in [0.05, 0.1) is 0 Å². The Labute approximate surface area is 58.2 Å². The van der Waals surface area contributed by atoms with E-state index in [2.05, 4.69) is 19.3 Å². The molecule has 0 heterocycles. The summed E-state index contributed by atoms with van der Waals surface area (Å²) in [5, 5.41) is 2.01. The third-order valence-electron chi connectivity index (χ3n) is 1.43. The van der Waals surface area contributed by atoms with Gasteiger partial charge < -0.3 is 0 Å². The highest BCUT2D eigenvalue weighted by atomic mass is 15.5. The Hall–Kier alpha value is -0.0800. The van der Waals surface area contributed by atoms with Crippen LogP contribution in [0.25, 0.3) is 0 Å². The molecule has 1 N–H and O–H groups in total. The zero-order chi connectivity index (χ0) is 7.28. The Bertz CT molecular complexity index is 57.9. The van der Waals surface area contributed by atoms with Crippen LogP contribution in [0.1, 0.15) is 26.7 Å². The number of rotatable bonds is 4. The Morgan fingerprint density at radius 1 is 1.22 bits per heavy atom. The summed E-state index contributed by atoms with van der Waals surface area (Å²) in [5.41, 5.74) is 3.31. The van der Waals surface area contributed by atoms with E-state index in [-0.39, 0.29) is 0 Å². The van der Waals surface area contributed by atoms with Gasteiger partial charge >= 0.3 is 0 Å². The fraction of sp³-hybridized carbons (Fsp3) is 1.00. The Kier molecular flexibility index (Phi) is 4.72. The highest BCUT2D eigenvalue weighted by Crippen LogP contribution is 1.94. The lowest BCUT2D eigenvalue weighted by molar-refractivity contribution is 0.233. The second kappa shape index (κ2) is 4.77. The Morgan fingerprint density at radius 3 is 1.78 bits per heavy atom. The first-order valence-electron chi connectivity index (χ1n) is 3.64. The van der Waals surface area contributed by atoms with Gasteiger partial charge in [0.2, 0.25) is 0 Å². The molecule has 0 amide bonds. The lowest BCUT2D eigenvalue weighted by atomic mass is 10.2. The number of hydrogen-bond donors (Lipinski definition) is 1. The van der Waals surface area contributed by atoms with Crippen LogP contribution in [-0.2, 0) is 0 Å². The average molecular weight is 130 g/mol. The van der Waals surface area contributed by atoms with Crippen LogP contribution in [0.3, 0.4) is 0 Å². The van der Waals surface area contributed by atoms with Gasteiger partial charge in [-0.2, -0.15) is 0 Å². The maximum absolute atomic E-state index is 3.31. The molecule has 0 saturated carbocycles. The number of nitrogens with zero attached hydrogens (tertiary/aromatic N) is 1. The molecule has 0 radical (unpaired) electrons. The highest BCUT2D eigenvalue weighted by molar-refractivity contribution is 4.57. The van der Waals surface area contributed by atoms with Crippen molar-refractivity contribution >= 4 is 0 Å². The minimum Gasteiger partial charge on any atom is -0.253 e. The summed E-state index contributed by atoms with van der Waals surface area (Å²) >= 11 is 0. The highest BCUT2D eigenvalue weighted by Gasteiger charge is 2.00. The zero-order valence-electron chi connectivity index (χ0n) is 6.94. The van der Waals surface area contributed by atoms with Gasteiger partial charge in [-0.05, 0) is 12.8 Å². The summed E-state index contributed by atoms with van der Waals surface area (Å²) in [5.74, 6) is 0. The fourth-order valence-corrected chi connectivity index (χ4v) is 0.836. The van der Waals surface area contributed by atoms with Gasteiger partial charge in [-0.3, -0.25) is 10.4 Å². The van der Waals surface area contributed by atoms with Crippen molar-refractivity contribution in [2.45, 2.75) is 32.7 Å². The minimum atomic E-state index is 0.653. The van der Waals surface area contributed by atoms with Crippen LogP contribution >= 0.6 is 0 Å². The van der Waals surface area contributed by atoms with Crippen molar-refractivity contribution < 1.29 is 0 Å². The van der Waals surface area contributed by atoms with Crippen molar-refractivity contribution in [2.24, 2.45) is 0 Å². The van der Waals surface area contributed by atoms with Crippen LogP contribution in [0.4, 0.5) is 0 Å². The van der Waals surface area contributed by atoms with Crippen molar-refractivity contribution in [1.82, 2.24) is 10.4 Å². The van der Waals surface area contributed by atoms with E-state index >= 15 is 0 Å². The molecule has 0 saturated heterocycles. The average Bonchev–Trinajstić information content (AvgIpc) is 1.82. The maximum Gasteiger partial charge on any atom is 0.0209 e. The molecule has 56 valence electrons. The largest absolute Gasteiger partial charge is 0.253 e. The first-order valence-corrected chi connectivity index (χ1v) is 3.64. The predicted octanol–water partition coefficient (Wildman–Crippen LogP) is 1.24. The van der Waals surface area contributed by atoms with Crippen molar-refractivity contribution in [3.05, 3.63) is 0 Å². The SMILES string of the molecule is CCC(CC)NN(C)C. The molecule has 0 fully saturated rings. The van der Waals surface area contributed by atoms with Gasteiger partial charge in [-0.25, -0.2) is 0 Å². The van der Waals surface area contributed by atoms with Gasteiger partial charge in [-0.15, -0.1) is 0 Å². The van der Waals surface area contributed by atoms with E-state index < -0.39 is 0 Å². The Balaban J connectivity index is 3.31. The maximum atomic E-state index is 3.31. The molecule has 0 aromatic carbocycles. The van der Waals surface area contributed by atoms with E-state index in [1.807, 2.05) is 19.1 Å². The van der Waals surface area contributed by atoms with E-state index in [9.17, 15) is 0 Å². The molecule has 0 aliphatic heterocycles. The quantitative estimate of drug-likeness (QED) is 0.576. The molecule has 0 aliphatic carbocycles. The van der Waals surface area contributed by atoms with E-state index in [0.717, 1.165) is 0 Å². The second-order valence-electron chi connectivity index (χ2n) is 2.54. The van der Waals surface area contributed by atoms with Crippen molar-refractivity contribution in [3.63, 3.8) is 0 Å². The monoisotopic (exact) mass is 130 g/mol. The van der Waals surface area contributed by atoms with E-state index in [1.54, 1.807) is 0 Å². The topological polar surface area (TPSA) is 15.3 Å². The van der Waals surface area contributed by atoms with Crippen molar-refractivity contribution in [2.75, 3.05) is 14.1 Å². The van der Waals surface area contributed by atoms with E-state index in [4.69, 9.17) is 0 Å². The summed E-state index contributed by atoms with van der Waals surface area (Å²) in [6, 6.07) is 0.653. The van der Waals surface area contributed by atoms with Crippen molar-refractivity contribution in [1.29, 1.82) is 0 Å². The first-order chi connectivity index (χ1) is 4.20. The molecule has 9 heavy (non-hydrogen) atoms. The van der Waals surface area contributed by atoms with Crippen molar-refractivity contribution in [3.8, 4) is 0 Å². The standard InChI is InChI=1S/C7H18N2/c1-5-7(6-2)8-9(3)4/h7-8H,5-6H2,1-4H3. The van der Waals surface area contributed by atoms with Gasteiger partial charge in [0.25, 0.3) is 0 Å². The molecule has 0 bridgehead atoms. The van der Waals surface area contributed by atoms with Crippen LogP contribution in [-0.4, -0.2) is 25.1 Å². The summed E-state index contributed by atoms with van der Waals surface area (Å²) in [6.07, 6.45) is 2.41.